The van der Waals surface area contributed by atoms with Gasteiger partial charge in [0.1, 0.15) is 0 Å². The van der Waals surface area contributed by atoms with Gasteiger partial charge in [-0.1, -0.05) is 44.8 Å². The second-order valence-electron chi connectivity index (χ2n) is 5.36. The minimum Gasteiger partial charge on any atom is -0.381 e. The van der Waals surface area contributed by atoms with Gasteiger partial charge >= 0.3 is 0 Å². The molecule has 2 rings (SSSR count). The molecular weight excluding hydrogens is 356 g/mol. The Kier molecular flexibility index (Phi) is 4.90. The lowest BCUT2D eigenvalue weighted by molar-refractivity contribution is 0.0240. The first-order chi connectivity index (χ1) is 8.50. The lowest BCUT2D eigenvalue weighted by Crippen LogP contribution is -2.28. The van der Waals surface area contributed by atoms with Gasteiger partial charge in [-0.15, -0.1) is 0 Å². The highest BCUT2D eigenvalue weighted by molar-refractivity contribution is 9.10. The molecule has 1 nitrogen and oxygen atoms in total. The molecule has 0 aromatic heterocycles. The zero-order valence-electron chi connectivity index (χ0n) is 11.2. The number of benzene rings is 1. The molecule has 1 heterocycles. The van der Waals surface area contributed by atoms with Gasteiger partial charge in [0.15, 0.2) is 0 Å². The summed E-state index contributed by atoms with van der Waals surface area (Å²) in [5, 5.41) is 0. The van der Waals surface area contributed by atoms with Gasteiger partial charge in [-0.25, -0.2) is 0 Å². The summed E-state index contributed by atoms with van der Waals surface area (Å²) in [7, 11) is 0. The van der Waals surface area contributed by atoms with Crippen molar-refractivity contribution in [2.45, 2.75) is 32.0 Å². The van der Waals surface area contributed by atoms with E-state index in [0.717, 1.165) is 19.6 Å². The molecule has 0 radical (unpaired) electrons. The third kappa shape index (κ3) is 3.00. The largest absolute Gasteiger partial charge is 0.381 e. The Labute approximate surface area is 127 Å². The van der Waals surface area contributed by atoms with Crippen LogP contribution >= 0.6 is 31.9 Å². The molecule has 1 aromatic carbocycles. The van der Waals surface area contributed by atoms with Gasteiger partial charge in [-0.05, 0) is 54.9 Å². The highest BCUT2D eigenvalue weighted by Crippen LogP contribution is 2.41. The molecule has 3 unspecified atom stereocenters. The van der Waals surface area contributed by atoms with E-state index in [2.05, 4.69) is 64.8 Å². The van der Waals surface area contributed by atoms with E-state index in [0.29, 0.717) is 16.7 Å². The van der Waals surface area contributed by atoms with Gasteiger partial charge in [0.25, 0.3) is 0 Å². The fraction of sp³-hybridized carbons (Fsp3) is 0.600. The lowest BCUT2D eigenvalue weighted by atomic mass is 9.83. The van der Waals surface area contributed by atoms with Crippen LogP contribution < -0.4 is 0 Å². The summed E-state index contributed by atoms with van der Waals surface area (Å²) in [4.78, 5) is 0.434. The molecule has 1 fully saturated rings. The number of ether oxygens (including phenoxy) is 1. The normalized spacial score (nSPS) is 26.1. The topological polar surface area (TPSA) is 9.23 Å². The first-order valence-electron chi connectivity index (χ1n) is 6.49. The minimum absolute atomic E-state index is 0.434. The molecule has 0 amide bonds. The van der Waals surface area contributed by atoms with E-state index in [1.54, 1.807) is 0 Å². The molecule has 0 saturated carbocycles. The molecule has 1 aromatic rings. The summed E-state index contributed by atoms with van der Waals surface area (Å²) >= 11 is 7.53. The second-order valence-corrected chi connectivity index (χ2v) is 7.21. The van der Waals surface area contributed by atoms with E-state index in [1.165, 1.54) is 21.2 Å². The summed E-state index contributed by atoms with van der Waals surface area (Å²) in [6.07, 6.45) is 1.14. The zero-order chi connectivity index (χ0) is 13.3. The Hall–Kier alpha value is 0.140. The first-order valence-corrected chi connectivity index (χ1v) is 8.20. The van der Waals surface area contributed by atoms with E-state index in [1.807, 2.05) is 0 Å². The number of rotatable bonds is 2. The number of hydrogen-bond donors (Lipinski definition) is 0. The van der Waals surface area contributed by atoms with Gasteiger partial charge in [0.05, 0.1) is 0 Å². The Morgan fingerprint density at radius 2 is 2.00 bits per heavy atom. The average molecular weight is 376 g/mol. The maximum Gasteiger partial charge on any atom is 0.0494 e. The molecule has 1 aliphatic heterocycles. The third-order valence-electron chi connectivity index (χ3n) is 3.93. The van der Waals surface area contributed by atoms with Crippen LogP contribution in [0.1, 0.15) is 34.9 Å². The molecular formula is C15H20Br2O. The van der Waals surface area contributed by atoms with Crippen LogP contribution in [0.25, 0.3) is 0 Å². The van der Waals surface area contributed by atoms with Gasteiger partial charge < -0.3 is 4.74 Å². The van der Waals surface area contributed by atoms with Crippen molar-refractivity contribution in [1.82, 2.24) is 0 Å². The van der Waals surface area contributed by atoms with Gasteiger partial charge in [-0.2, -0.15) is 0 Å². The monoisotopic (exact) mass is 374 g/mol. The van der Waals surface area contributed by atoms with Gasteiger partial charge in [-0.3, -0.25) is 0 Å². The zero-order valence-corrected chi connectivity index (χ0v) is 14.3. The fourth-order valence-corrected chi connectivity index (χ4v) is 4.40. The van der Waals surface area contributed by atoms with Gasteiger partial charge in [0.2, 0.25) is 0 Å². The average Bonchev–Trinajstić information content (AvgIpc) is 2.33. The summed E-state index contributed by atoms with van der Waals surface area (Å²) in [6, 6.07) is 4.53. The predicted octanol–water partition coefficient (Wildman–Crippen LogP) is 5.17. The van der Waals surface area contributed by atoms with Gasteiger partial charge in [0, 0.05) is 22.5 Å². The quantitative estimate of drug-likeness (QED) is 0.647. The van der Waals surface area contributed by atoms with Crippen LogP contribution in [0.5, 0.6) is 0 Å². The molecule has 100 valence electrons. The highest BCUT2D eigenvalue weighted by Gasteiger charge is 2.30. The van der Waals surface area contributed by atoms with Crippen molar-refractivity contribution in [2.75, 3.05) is 13.2 Å². The standard InChI is InChI=1S/C15H20Br2O/c1-9-7-14(16)10(2)6-13(9)15(17)12-4-5-18-8-11(12)3/h6-7,11-12,15H,4-5,8H2,1-3H3. The lowest BCUT2D eigenvalue weighted by Gasteiger charge is -2.33. The van der Waals surface area contributed by atoms with E-state index < -0.39 is 0 Å². The van der Waals surface area contributed by atoms with Crippen molar-refractivity contribution in [3.63, 3.8) is 0 Å². The van der Waals surface area contributed by atoms with Crippen molar-refractivity contribution in [1.29, 1.82) is 0 Å². The van der Waals surface area contributed by atoms with Crippen molar-refractivity contribution in [2.24, 2.45) is 11.8 Å². The Morgan fingerprint density at radius 1 is 1.28 bits per heavy atom. The fourth-order valence-electron chi connectivity index (χ4n) is 2.66. The molecule has 0 bridgehead atoms. The van der Waals surface area contributed by atoms with Crippen molar-refractivity contribution >= 4 is 31.9 Å². The molecule has 18 heavy (non-hydrogen) atoms. The molecule has 3 heteroatoms. The first kappa shape index (κ1) is 14.5. The van der Waals surface area contributed by atoms with E-state index in [4.69, 9.17) is 4.74 Å². The van der Waals surface area contributed by atoms with E-state index in [-0.39, 0.29) is 0 Å². The second kappa shape index (κ2) is 6.06. The maximum absolute atomic E-state index is 5.54. The number of alkyl halides is 1. The molecule has 0 N–H and O–H groups in total. The van der Waals surface area contributed by atoms with Crippen LogP contribution in [0.4, 0.5) is 0 Å². The predicted molar refractivity (Wildman–Crippen MR) is 83.4 cm³/mol. The maximum atomic E-state index is 5.54. The molecule has 3 atom stereocenters. The third-order valence-corrected chi connectivity index (χ3v) is 5.95. The summed E-state index contributed by atoms with van der Waals surface area (Å²) in [6.45, 7) is 8.42. The minimum atomic E-state index is 0.434. The molecule has 1 saturated heterocycles. The van der Waals surface area contributed by atoms with Crippen LogP contribution in [0.2, 0.25) is 0 Å². The number of hydrogen-bond acceptors (Lipinski definition) is 1. The van der Waals surface area contributed by atoms with Crippen LogP contribution in [0.15, 0.2) is 16.6 Å². The summed E-state index contributed by atoms with van der Waals surface area (Å²) in [5.41, 5.74) is 4.09. The van der Waals surface area contributed by atoms with Crippen LogP contribution in [-0.4, -0.2) is 13.2 Å². The van der Waals surface area contributed by atoms with Crippen LogP contribution in [-0.2, 0) is 4.74 Å². The van der Waals surface area contributed by atoms with Crippen LogP contribution in [0, 0.1) is 25.7 Å². The molecule has 1 aliphatic rings. The SMILES string of the molecule is Cc1cc(C(Br)C2CCOCC2C)c(C)cc1Br. The summed E-state index contributed by atoms with van der Waals surface area (Å²) < 4.78 is 6.74. The van der Waals surface area contributed by atoms with Crippen molar-refractivity contribution < 1.29 is 4.74 Å². The van der Waals surface area contributed by atoms with Crippen molar-refractivity contribution in [3.05, 3.63) is 33.3 Å². The van der Waals surface area contributed by atoms with E-state index in [9.17, 15) is 0 Å². The Morgan fingerprint density at radius 3 is 2.67 bits per heavy atom. The van der Waals surface area contributed by atoms with Crippen LogP contribution in [0.3, 0.4) is 0 Å². The Bertz CT molecular complexity index is 431. The molecule has 0 spiro atoms. The molecule has 0 aliphatic carbocycles. The van der Waals surface area contributed by atoms with E-state index >= 15 is 0 Å². The Balaban J connectivity index is 2.27. The highest BCUT2D eigenvalue weighted by atomic mass is 79.9. The number of aryl methyl sites for hydroxylation is 2. The number of halogens is 2. The van der Waals surface area contributed by atoms with Crippen molar-refractivity contribution in [3.8, 4) is 0 Å². The smallest absolute Gasteiger partial charge is 0.0494 e. The summed E-state index contributed by atoms with van der Waals surface area (Å²) in [5.74, 6) is 1.28.